The molecule has 4 heterocycles. The summed E-state index contributed by atoms with van der Waals surface area (Å²) in [7, 11) is 0. The molecule has 7 heteroatoms. The molecule has 0 N–H and O–H groups in total. The van der Waals surface area contributed by atoms with Gasteiger partial charge in [-0.15, -0.1) is 0 Å². The Morgan fingerprint density at radius 3 is 1.16 bits per heavy atom. The third-order valence-electron chi connectivity index (χ3n) is 16.3. The summed E-state index contributed by atoms with van der Waals surface area (Å²) in [5.41, 5.74) is 25.4. The molecule has 0 bridgehead atoms. The summed E-state index contributed by atoms with van der Waals surface area (Å²) in [5.74, 6) is 0. The van der Waals surface area contributed by atoms with E-state index in [9.17, 15) is 0 Å². The predicted octanol–water partition coefficient (Wildman–Crippen LogP) is 15.7. The van der Waals surface area contributed by atoms with Crippen molar-refractivity contribution in [3.05, 3.63) is 285 Å². The summed E-state index contributed by atoms with van der Waals surface area (Å²) >= 11 is 3.82. The monoisotopic (exact) mass is 1040 g/mol. The Morgan fingerprint density at radius 2 is 0.658 bits per heavy atom. The Bertz CT molecular complexity index is 4310. The minimum Gasteiger partial charge on any atom is -0.311 e. The highest BCUT2D eigenvalue weighted by atomic mass is 32.2. The molecule has 0 saturated carbocycles. The number of anilines is 9. The van der Waals surface area contributed by atoms with E-state index in [2.05, 4.69) is 300 Å². The minimum atomic E-state index is -0.0570. The second-order valence-corrected chi connectivity index (χ2v) is 22.9. The van der Waals surface area contributed by atoms with Gasteiger partial charge >= 0.3 is 0 Å². The molecule has 79 heavy (non-hydrogen) atoms. The van der Waals surface area contributed by atoms with E-state index < -0.39 is 0 Å². The average molecular weight is 1040 g/mol. The summed E-state index contributed by atoms with van der Waals surface area (Å²) in [4.78, 5) is 12.8. The van der Waals surface area contributed by atoms with Crippen LogP contribution in [0.15, 0.2) is 305 Å². The van der Waals surface area contributed by atoms with Crippen molar-refractivity contribution >= 4 is 121 Å². The van der Waals surface area contributed by atoms with Gasteiger partial charge in [-0.25, -0.2) is 0 Å². The zero-order chi connectivity index (χ0) is 52.0. The highest BCUT2D eigenvalue weighted by molar-refractivity contribution is 8.00. The number of fused-ring (bicyclic) bond motifs is 8. The zero-order valence-electron chi connectivity index (χ0n) is 42.9. The van der Waals surface area contributed by atoms with Crippen LogP contribution in [-0.4, -0.2) is 13.4 Å². The molecule has 0 spiro atoms. The van der Waals surface area contributed by atoms with E-state index in [1.54, 1.807) is 0 Å². The molecule has 0 saturated heterocycles. The lowest BCUT2D eigenvalue weighted by Crippen LogP contribution is -2.64. The van der Waals surface area contributed by atoms with Crippen LogP contribution in [0.4, 0.5) is 51.2 Å². The molecule has 0 amide bonds. The molecule has 3 nitrogen and oxygen atoms in total. The van der Waals surface area contributed by atoms with Crippen molar-refractivity contribution in [2.24, 2.45) is 0 Å². The lowest BCUT2D eigenvalue weighted by Gasteiger charge is -2.45. The third-order valence-corrected chi connectivity index (χ3v) is 18.6. The number of hydrogen-bond donors (Lipinski definition) is 0. The second-order valence-electron chi connectivity index (χ2n) is 20.7. The molecule has 4 aliphatic heterocycles. The van der Waals surface area contributed by atoms with Crippen LogP contribution < -0.4 is 47.5 Å². The Morgan fingerprint density at radius 1 is 0.253 bits per heavy atom. The fourth-order valence-corrected chi connectivity index (χ4v) is 15.4. The largest absolute Gasteiger partial charge is 0.311 e. The van der Waals surface area contributed by atoms with Crippen molar-refractivity contribution in [1.82, 2.24) is 0 Å². The number of hydrogen-bond acceptors (Lipinski definition) is 5. The van der Waals surface area contributed by atoms with Crippen LogP contribution in [0, 0.1) is 0 Å². The Labute approximate surface area is 470 Å². The molecule has 0 atom stereocenters. The van der Waals surface area contributed by atoms with Crippen LogP contribution in [0.25, 0.3) is 33.4 Å². The molecule has 0 aliphatic carbocycles. The summed E-state index contributed by atoms with van der Waals surface area (Å²) in [5, 5.41) is 0. The fraction of sp³-hybridized carbons (Fsp3) is 0. The van der Waals surface area contributed by atoms with E-state index in [-0.39, 0.29) is 13.4 Å². The first-order valence-corrected chi connectivity index (χ1v) is 28.8. The van der Waals surface area contributed by atoms with Crippen LogP contribution in [0.5, 0.6) is 0 Å². The summed E-state index contributed by atoms with van der Waals surface area (Å²) in [6.45, 7) is -0.0852. The summed E-state index contributed by atoms with van der Waals surface area (Å²) in [6.07, 6.45) is 0. The van der Waals surface area contributed by atoms with Crippen molar-refractivity contribution in [3.63, 3.8) is 0 Å². The minimum absolute atomic E-state index is 0.0282. The molecule has 0 radical (unpaired) electrons. The smallest absolute Gasteiger partial charge is 0.249 e. The lowest BCUT2D eigenvalue weighted by atomic mass is 9.31. The number of rotatable bonds is 8. The van der Waals surface area contributed by atoms with Gasteiger partial charge in [0.15, 0.2) is 0 Å². The van der Waals surface area contributed by atoms with Gasteiger partial charge in [-0.05, 0) is 123 Å². The maximum atomic E-state index is 2.65. The average Bonchev–Trinajstić information content (AvgIpc) is 3.67. The van der Waals surface area contributed by atoms with E-state index in [4.69, 9.17) is 0 Å². The van der Waals surface area contributed by atoms with Gasteiger partial charge in [-0.3, -0.25) is 0 Å². The topological polar surface area (TPSA) is 9.72 Å². The van der Waals surface area contributed by atoms with Gasteiger partial charge in [0.25, 0.3) is 0 Å². The van der Waals surface area contributed by atoms with Crippen LogP contribution in [0.3, 0.4) is 0 Å². The Kier molecular flexibility index (Phi) is 11.0. The SMILES string of the molecule is c1ccc(-c2cc3c4c(c2)N(c2ccccc2-c2ccccc2)c2cc5c(cc2B4c2ccccc2S3)B2c3ccccc3Sc3cc(N(c4ccccc4)c4ccccc4)cc(c32)N5c2ccccc2-c2ccccc2)cc1. The van der Waals surface area contributed by atoms with Crippen molar-refractivity contribution in [3.8, 4) is 33.4 Å². The maximum absolute atomic E-state index is 2.65. The lowest BCUT2D eigenvalue weighted by molar-refractivity contribution is 1.22. The molecule has 16 rings (SSSR count). The molecule has 12 aromatic rings. The van der Waals surface area contributed by atoms with Crippen molar-refractivity contribution in [2.45, 2.75) is 19.6 Å². The first-order chi connectivity index (χ1) is 39.2. The van der Waals surface area contributed by atoms with Gasteiger partial charge in [0.1, 0.15) is 0 Å². The highest BCUT2D eigenvalue weighted by Gasteiger charge is 2.47. The number of benzene rings is 12. The third kappa shape index (κ3) is 7.48. The number of para-hydroxylation sites is 4. The van der Waals surface area contributed by atoms with Crippen LogP contribution in [-0.2, 0) is 0 Å². The molecule has 0 aromatic heterocycles. The molecule has 368 valence electrons. The highest BCUT2D eigenvalue weighted by Crippen LogP contribution is 2.52. The molecular formula is C72H47B2N3S2. The van der Waals surface area contributed by atoms with E-state index in [0.29, 0.717) is 0 Å². The van der Waals surface area contributed by atoms with Gasteiger partial charge in [-0.1, -0.05) is 241 Å². The Balaban J connectivity index is 1.04. The van der Waals surface area contributed by atoms with E-state index in [0.717, 1.165) is 28.4 Å². The zero-order valence-corrected chi connectivity index (χ0v) is 44.6. The maximum Gasteiger partial charge on any atom is 0.249 e. The normalized spacial score (nSPS) is 13.1. The Hall–Kier alpha value is -9.13. The predicted molar refractivity (Wildman–Crippen MR) is 337 cm³/mol. The van der Waals surface area contributed by atoms with Gasteiger partial charge < -0.3 is 14.7 Å². The molecular weight excluding hydrogens is 993 g/mol. The molecule has 12 aromatic carbocycles. The van der Waals surface area contributed by atoms with Crippen molar-refractivity contribution < 1.29 is 0 Å². The van der Waals surface area contributed by atoms with Crippen molar-refractivity contribution in [2.75, 3.05) is 14.7 Å². The second kappa shape index (κ2) is 18.8. The van der Waals surface area contributed by atoms with E-state index in [1.807, 2.05) is 23.5 Å². The van der Waals surface area contributed by atoms with Crippen LogP contribution in [0.2, 0.25) is 0 Å². The first kappa shape index (κ1) is 46.0. The van der Waals surface area contributed by atoms with Gasteiger partial charge in [0.2, 0.25) is 13.4 Å². The molecule has 4 aliphatic rings. The fourth-order valence-electron chi connectivity index (χ4n) is 13.0. The summed E-state index contributed by atoms with van der Waals surface area (Å²) in [6, 6.07) is 106. The van der Waals surface area contributed by atoms with E-state index in [1.165, 1.54) is 108 Å². The van der Waals surface area contributed by atoms with Gasteiger partial charge in [-0.2, -0.15) is 0 Å². The van der Waals surface area contributed by atoms with Gasteiger partial charge in [0.05, 0.1) is 11.4 Å². The van der Waals surface area contributed by atoms with E-state index >= 15 is 0 Å². The van der Waals surface area contributed by atoms with Crippen LogP contribution >= 0.6 is 23.5 Å². The standard InChI is InChI=1S/C72H47B2N3S2/c1-6-24-48(25-7-1)51-42-65-71-69(43-51)78-67-40-22-18-36-57(67)73(71)59-46-60-64(47-63(59)76(65)61-38-20-16-34-55(61)49-26-8-2-9-27-49)77(62-39-21-17-35-56(62)50-28-10-3-11-29-50)66-44-54(45-70-72(66)74(60)58-37-19-23-41-68(58)79-70)75(52-30-12-4-13-31-52)53-32-14-5-15-33-53/h1-47H. The number of nitrogens with zero attached hydrogens (tertiary/aromatic N) is 3. The summed E-state index contributed by atoms with van der Waals surface area (Å²) < 4.78 is 0. The molecule has 0 fully saturated rings. The van der Waals surface area contributed by atoms with Gasteiger partial charge in [0, 0.05) is 70.5 Å². The quantitative estimate of drug-likeness (QED) is 0.140. The van der Waals surface area contributed by atoms with Crippen LogP contribution in [0.1, 0.15) is 0 Å². The first-order valence-electron chi connectivity index (χ1n) is 27.1. The van der Waals surface area contributed by atoms with Crippen molar-refractivity contribution in [1.29, 1.82) is 0 Å². The molecule has 0 unspecified atom stereocenters.